The molecule has 0 radical (unpaired) electrons. The molecule has 1 atom stereocenters. The lowest BCUT2D eigenvalue weighted by Gasteiger charge is -2.27. The molecule has 0 saturated carbocycles. The summed E-state index contributed by atoms with van der Waals surface area (Å²) in [6.07, 6.45) is 8.07. The Morgan fingerprint density at radius 1 is 0.827 bits per heavy atom. The number of amides is 1. The van der Waals surface area contributed by atoms with E-state index in [1.54, 1.807) is 19.0 Å². The van der Waals surface area contributed by atoms with Gasteiger partial charge in [0.2, 0.25) is 5.91 Å². The fraction of sp³-hybridized carbons (Fsp3) is 0.452. The molecule has 0 saturated heterocycles. The van der Waals surface area contributed by atoms with Crippen LogP contribution in [0.2, 0.25) is 0 Å². The molecule has 3 aromatic heterocycles. The van der Waals surface area contributed by atoms with Crippen LogP contribution in [0, 0.1) is 13.8 Å². The number of aryl methyl sites for hydroxylation is 3. The van der Waals surface area contributed by atoms with Gasteiger partial charge >= 0.3 is 11.9 Å². The lowest BCUT2D eigenvalue weighted by molar-refractivity contribution is -0.141. The minimum Gasteiger partial charge on any atom is -0.469 e. The minimum atomic E-state index is -0.674. The molecule has 2 N–H and O–H groups in total. The summed E-state index contributed by atoms with van der Waals surface area (Å²) in [4.78, 5) is 57.4. The number of hydrogen-bond donors (Lipinski definition) is 2. The Morgan fingerprint density at radius 3 is 2.17 bits per heavy atom. The molecule has 10 nitrogen and oxygen atoms in total. The van der Waals surface area contributed by atoms with Gasteiger partial charge in [-0.15, -0.1) is 0 Å². The zero-order chi connectivity index (χ0) is 37.7. The summed E-state index contributed by atoms with van der Waals surface area (Å²) in [6.45, 7) is 10.5. The van der Waals surface area contributed by atoms with E-state index in [0.29, 0.717) is 12.8 Å². The number of carbonyl (C=O) groups is 3. The molecule has 276 valence electrons. The standard InChI is InChI=1S/C42H53N5O5/c1-10-11-12-13-14-31-37-22-34-27(4)30(16-18-41(50)52-9)36(45-34)23-35-29(15-17-40(49)51-8)26(3)33(44-35)21-32-25(2)19-28(43-32)20-38(46-37)42(31,5)24-39(48)47(6)7/h14,19-23,43,45H,10-13,15-18,24H2,1-9H3/b28-20?,31-14+,32-21?,33-21?,34-22?,35-23?,36-23?,37-22?,38-20?/t42-/m0/s1. The first-order valence-electron chi connectivity index (χ1n) is 18.3. The number of esters is 2. The number of nitrogens with zero attached hydrogens (tertiary/aromatic N) is 3. The number of methoxy groups -OCH3 is 2. The van der Waals surface area contributed by atoms with Crippen molar-refractivity contribution in [2.24, 2.45) is 0 Å². The van der Waals surface area contributed by atoms with Crippen LogP contribution in [0.3, 0.4) is 0 Å². The third kappa shape index (κ3) is 8.06. The zero-order valence-electron chi connectivity index (χ0n) is 32.2. The molecular formula is C42H53N5O5. The highest BCUT2D eigenvalue weighted by molar-refractivity contribution is 5.94. The molecule has 5 rings (SSSR count). The van der Waals surface area contributed by atoms with Crippen molar-refractivity contribution in [2.75, 3.05) is 28.3 Å². The number of hydrogen-bond acceptors (Lipinski definition) is 7. The van der Waals surface area contributed by atoms with Crippen molar-refractivity contribution in [3.8, 4) is 0 Å². The Kier molecular flexibility index (Phi) is 11.9. The number of carbonyl (C=O) groups excluding carboxylic acids is 3. The third-order valence-electron chi connectivity index (χ3n) is 10.5. The van der Waals surface area contributed by atoms with Crippen molar-refractivity contribution in [1.29, 1.82) is 0 Å². The predicted molar refractivity (Wildman–Crippen MR) is 207 cm³/mol. The van der Waals surface area contributed by atoms with E-state index in [1.807, 2.05) is 19.1 Å². The number of rotatable bonds is 12. The maximum atomic E-state index is 13.5. The van der Waals surface area contributed by atoms with E-state index in [1.165, 1.54) is 14.2 Å². The maximum absolute atomic E-state index is 13.5. The molecule has 52 heavy (non-hydrogen) atoms. The maximum Gasteiger partial charge on any atom is 0.305 e. The Labute approximate surface area is 306 Å². The van der Waals surface area contributed by atoms with E-state index in [9.17, 15) is 14.4 Å². The summed E-state index contributed by atoms with van der Waals surface area (Å²) in [5.74, 6) is -0.544. The first kappa shape index (κ1) is 38.2. The van der Waals surface area contributed by atoms with Crippen LogP contribution in [-0.2, 0) is 35.7 Å². The number of fused-ring (bicyclic) bond motifs is 8. The largest absolute Gasteiger partial charge is 0.469 e. The van der Waals surface area contributed by atoms with E-state index in [4.69, 9.17) is 19.4 Å². The van der Waals surface area contributed by atoms with Crippen LogP contribution >= 0.6 is 0 Å². The van der Waals surface area contributed by atoms with Gasteiger partial charge in [0.15, 0.2) is 0 Å². The summed E-state index contributed by atoms with van der Waals surface area (Å²) in [6, 6.07) is 10.3. The van der Waals surface area contributed by atoms with Crippen LogP contribution in [0.1, 0.15) is 112 Å². The molecule has 0 unspecified atom stereocenters. The average Bonchev–Trinajstić information content (AvgIpc) is 3.78. The number of nitrogens with one attached hydrogen (secondary N) is 2. The number of aromatic amines is 2. The van der Waals surface area contributed by atoms with Crippen LogP contribution in [0.15, 0.2) is 36.4 Å². The van der Waals surface area contributed by atoms with Crippen LogP contribution in [0.5, 0.6) is 0 Å². The number of H-pyrrole nitrogens is 2. The molecule has 0 aliphatic carbocycles. The second-order valence-electron chi connectivity index (χ2n) is 14.4. The molecule has 1 amide bonds. The molecule has 5 heterocycles. The molecule has 2 aliphatic rings. The lowest BCUT2D eigenvalue weighted by atomic mass is 9.76. The summed E-state index contributed by atoms with van der Waals surface area (Å²) in [7, 11) is 6.39. The number of allylic oxidation sites excluding steroid dienone is 4. The van der Waals surface area contributed by atoms with E-state index >= 15 is 0 Å². The monoisotopic (exact) mass is 707 g/mol. The van der Waals surface area contributed by atoms with Crippen LogP contribution < -0.4 is 0 Å². The quantitative estimate of drug-likeness (QED) is 0.143. The topological polar surface area (TPSA) is 130 Å². The van der Waals surface area contributed by atoms with Gasteiger partial charge in [-0.1, -0.05) is 25.8 Å². The van der Waals surface area contributed by atoms with Crippen LogP contribution in [-0.4, -0.2) is 71.0 Å². The normalized spacial score (nSPS) is 16.4. The first-order chi connectivity index (χ1) is 24.8. The molecule has 0 aromatic carbocycles. The Hall–Kier alpha value is -4.99. The molecule has 0 spiro atoms. The zero-order valence-corrected chi connectivity index (χ0v) is 32.2. The second-order valence-corrected chi connectivity index (χ2v) is 14.4. The first-order valence-corrected chi connectivity index (χ1v) is 18.3. The highest BCUT2D eigenvalue weighted by Crippen LogP contribution is 2.45. The highest BCUT2D eigenvalue weighted by atomic mass is 16.5. The van der Waals surface area contributed by atoms with Crippen LogP contribution in [0.4, 0.5) is 0 Å². The van der Waals surface area contributed by atoms with Crippen molar-refractivity contribution < 1.29 is 23.9 Å². The highest BCUT2D eigenvalue weighted by Gasteiger charge is 2.40. The van der Waals surface area contributed by atoms with Gasteiger partial charge in [0.25, 0.3) is 0 Å². The molecule has 2 aliphatic heterocycles. The van der Waals surface area contributed by atoms with E-state index < -0.39 is 5.41 Å². The fourth-order valence-electron chi connectivity index (χ4n) is 7.17. The van der Waals surface area contributed by atoms with Crippen molar-refractivity contribution >= 4 is 56.6 Å². The van der Waals surface area contributed by atoms with Gasteiger partial charge < -0.3 is 24.3 Å². The van der Waals surface area contributed by atoms with Gasteiger partial charge in [-0.25, -0.2) is 4.98 Å². The third-order valence-corrected chi connectivity index (χ3v) is 10.5. The van der Waals surface area contributed by atoms with Gasteiger partial charge in [0.05, 0.1) is 37.0 Å². The van der Waals surface area contributed by atoms with Gasteiger partial charge in [0, 0.05) is 60.8 Å². The second kappa shape index (κ2) is 16.1. The van der Waals surface area contributed by atoms with Gasteiger partial charge in [-0.3, -0.25) is 19.4 Å². The van der Waals surface area contributed by atoms with E-state index in [-0.39, 0.29) is 37.1 Å². The molecule has 3 aromatic rings. The Bertz CT molecular complexity index is 2100. The number of unbranched alkanes of at least 4 members (excludes halogenated alkanes) is 3. The minimum absolute atomic E-state index is 0.0289. The van der Waals surface area contributed by atoms with E-state index in [0.717, 1.165) is 104 Å². The van der Waals surface area contributed by atoms with E-state index in [2.05, 4.69) is 61.9 Å². The van der Waals surface area contributed by atoms with Gasteiger partial charge in [-0.05, 0) is 117 Å². The number of ether oxygens (including phenoxy) is 2. The molecule has 8 bridgehead atoms. The summed E-state index contributed by atoms with van der Waals surface area (Å²) >= 11 is 0. The Balaban J connectivity index is 1.88. The van der Waals surface area contributed by atoms with Crippen molar-refractivity contribution in [3.63, 3.8) is 0 Å². The number of aromatic nitrogens is 4. The van der Waals surface area contributed by atoms with Crippen molar-refractivity contribution in [3.05, 3.63) is 75.9 Å². The molecule has 0 fully saturated rings. The summed E-state index contributed by atoms with van der Waals surface area (Å²) < 4.78 is 9.99. The Morgan fingerprint density at radius 2 is 1.50 bits per heavy atom. The molecular weight excluding hydrogens is 654 g/mol. The molecule has 10 heteroatoms. The summed E-state index contributed by atoms with van der Waals surface area (Å²) in [5, 5.41) is 0. The van der Waals surface area contributed by atoms with Gasteiger partial charge in [0.1, 0.15) is 0 Å². The SMILES string of the molecule is CCCCC/C=C1\c2cc3[nH]c(cc4nc(cc5[nH]c(cc(n2)[C@@]1(C)CC(=O)N(C)C)cc5C)C(C)=C4CCC(=O)OC)c(CCC(=O)OC)c3C. The average molecular weight is 708 g/mol. The van der Waals surface area contributed by atoms with Gasteiger partial charge in [-0.2, -0.15) is 0 Å². The fourth-order valence-corrected chi connectivity index (χ4v) is 7.17. The smallest absolute Gasteiger partial charge is 0.305 e. The van der Waals surface area contributed by atoms with Crippen LogP contribution in [0.25, 0.3) is 38.8 Å². The predicted octanol–water partition coefficient (Wildman–Crippen LogP) is 8.32. The summed E-state index contributed by atoms with van der Waals surface area (Å²) in [5.41, 5.74) is 12.0. The van der Waals surface area contributed by atoms with Crippen molar-refractivity contribution in [2.45, 2.75) is 97.8 Å². The lowest BCUT2D eigenvalue weighted by Crippen LogP contribution is -2.31. The van der Waals surface area contributed by atoms with Crippen molar-refractivity contribution in [1.82, 2.24) is 24.8 Å².